The van der Waals surface area contributed by atoms with Crippen LogP contribution in [0.25, 0.3) is 0 Å². The molecule has 11 heavy (non-hydrogen) atoms. The summed E-state index contributed by atoms with van der Waals surface area (Å²) >= 11 is 6.03. The summed E-state index contributed by atoms with van der Waals surface area (Å²) in [6, 6.07) is 0. The van der Waals surface area contributed by atoms with Crippen LogP contribution in [0.2, 0.25) is 0 Å². The van der Waals surface area contributed by atoms with Crippen LogP contribution in [0, 0.1) is 0 Å². The van der Waals surface area contributed by atoms with Gasteiger partial charge in [0.05, 0.1) is 0 Å². The minimum Gasteiger partial charge on any atom is -0.355 e. The normalized spacial score (nSPS) is 11.3. The summed E-state index contributed by atoms with van der Waals surface area (Å²) < 4.78 is 0. The van der Waals surface area contributed by atoms with Crippen molar-refractivity contribution >= 4 is 17.5 Å². The van der Waals surface area contributed by atoms with E-state index in [0.717, 1.165) is 0 Å². The molecule has 1 amide bonds. The summed E-state index contributed by atoms with van der Waals surface area (Å²) in [6.45, 7) is 6.38. The number of nitrogens with one attached hydrogen (secondary N) is 1. The van der Waals surface area contributed by atoms with E-state index in [2.05, 4.69) is 5.32 Å². The quantitative estimate of drug-likeness (QED) is 0.654. The first-order chi connectivity index (χ1) is 5.10. The Labute approximate surface area is 73.3 Å². The minimum absolute atomic E-state index is 0.0494. The summed E-state index contributed by atoms with van der Waals surface area (Å²) in [4.78, 5) is 10.6. The third-order valence-corrected chi connectivity index (χ3v) is 2.57. The fraction of sp³-hybridized carbons (Fsp3) is 0.875. The Morgan fingerprint density at radius 2 is 1.82 bits per heavy atom. The van der Waals surface area contributed by atoms with E-state index in [-0.39, 0.29) is 5.91 Å². The van der Waals surface area contributed by atoms with Crippen molar-refractivity contribution in [2.75, 3.05) is 6.54 Å². The second kappa shape index (κ2) is 4.60. The molecule has 0 aromatic carbocycles. The van der Waals surface area contributed by atoms with Crippen molar-refractivity contribution in [3.05, 3.63) is 0 Å². The van der Waals surface area contributed by atoms with Gasteiger partial charge in [0.2, 0.25) is 5.91 Å². The first-order valence-electron chi connectivity index (χ1n) is 4.08. The third kappa shape index (κ3) is 2.70. The highest BCUT2D eigenvalue weighted by Crippen LogP contribution is 2.23. The van der Waals surface area contributed by atoms with Gasteiger partial charge in [0.15, 0.2) is 0 Å². The van der Waals surface area contributed by atoms with E-state index in [0.29, 0.717) is 19.4 Å². The summed E-state index contributed by atoms with van der Waals surface area (Å²) in [5, 5.41) is 2.72. The molecule has 2 nitrogen and oxygen atoms in total. The zero-order valence-electron chi connectivity index (χ0n) is 7.41. The molecule has 1 N–H and O–H groups in total. The molecule has 3 heteroatoms. The highest BCUT2D eigenvalue weighted by Gasteiger charge is 2.31. The van der Waals surface area contributed by atoms with Crippen molar-refractivity contribution in [1.82, 2.24) is 5.32 Å². The maximum Gasteiger partial charge on any atom is 0.241 e. The largest absolute Gasteiger partial charge is 0.355 e. The first kappa shape index (κ1) is 10.8. The van der Waals surface area contributed by atoms with Crippen molar-refractivity contribution in [3.8, 4) is 0 Å². The zero-order valence-corrected chi connectivity index (χ0v) is 8.16. The summed E-state index contributed by atoms with van der Waals surface area (Å²) in [5.74, 6) is -0.0494. The summed E-state index contributed by atoms with van der Waals surface area (Å²) in [7, 11) is 0. The Morgan fingerprint density at radius 3 is 2.09 bits per heavy atom. The van der Waals surface area contributed by atoms with Crippen LogP contribution in [0.5, 0.6) is 0 Å². The van der Waals surface area contributed by atoms with Crippen molar-refractivity contribution in [2.24, 2.45) is 0 Å². The summed E-state index contributed by atoms with van der Waals surface area (Å²) in [5.41, 5.74) is 0. The smallest absolute Gasteiger partial charge is 0.241 e. The molecule has 0 spiro atoms. The molecule has 0 aromatic rings. The van der Waals surface area contributed by atoms with Gasteiger partial charge in [-0.15, -0.1) is 11.6 Å². The number of carbonyl (C=O) groups is 1. The molecule has 0 rings (SSSR count). The molecule has 66 valence electrons. The van der Waals surface area contributed by atoms with E-state index in [1.807, 2.05) is 20.8 Å². The van der Waals surface area contributed by atoms with Crippen molar-refractivity contribution in [1.29, 1.82) is 0 Å². The lowest BCUT2D eigenvalue weighted by Gasteiger charge is -2.21. The van der Waals surface area contributed by atoms with Crippen molar-refractivity contribution in [3.63, 3.8) is 0 Å². The Balaban J connectivity index is 4.12. The lowest BCUT2D eigenvalue weighted by atomic mass is 10.0. The van der Waals surface area contributed by atoms with Gasteiger partial charge in [-0.3, -0.25) is 4.79 Å². The van der Waals surface area contributed by atoms with Gasteiger partial charge in [-0.2, -0.15) is 0 Å². The topological polar surface area (TPSA) is 29.1 Å². The lowest BCUT2D eigenvalue weighted by molar-refractivity contribution is -0.123. The first-order valence-corrected chi connectivity index (χ1v) is 4.45. The molecular weight excluding hydrogens is 162 g/mol. The standard InChI is InChI=1S/C8H16ClNO/c1-4-8(9,5-2)7(11)10-6-3/h4-6H2,1-3H3,(H,10,11). The maximum absolute atomic E-state index is 11.3. The van der Waals surface area contributed by atoms with Gasteiger partial charge >= 0.3 is 0 Å². The molecule has 0 aromatic heterocycles. The van der Waals surface area contributed by atoms with E-state index in [9.17, 15) is 4.79 Å². The molecule has 0 fully saturated rings. The number of amides is 1. The van der Waals surface area contributed by atoms with Crippen LogP contribution in [-0.2, 0) is 4.79 Å². The SMILES string of the molecule is CCNC(=O)C(Cl)(CC)CC. The van der Waals surface area contributed by atoms with Crippen LogP contribution in [0.3, 0.4) is 0 Å². The van der Waals surface area contributed by atoms with Gasteiger partial charge in [0, 0.05) is 6.54 Å². The fourth-order valence-electron chi connectivity index (χ4n) is 0.890. The Hall–Kier alpha value is -0.240. The van der Waals surface area contributed by atoms with Gasteiger partial charge in [-0.1, -0.05) is 13.8 Å². The predicted octanol–water partition coefficient (Wildman–Crippen LogP) is 1.92. The second-order valence-corrected chi connectivity index (χ2v) is 3.26. The number of rotatable bonds is 4. The maximum atomic E-state index is 11.3. The van der Waals surface area contributed by atoms with Crippen LogP contribution in [0.1, 0.15) is 33.6 Å². The van der Waals surface area contributed by atoms with E-state index < -0.39 is 4.87 Å². The molecule has 0 unspecified atom stereocenters. The Bertz CT molecular complexity index is 132. The van der Waals surface area contributed by atoms with Crippen LogP contribution in [0.15, 0.2) is 0 Å². The molecular formula is C8H16ClNO. The molecule has 0 radical (unpaired) electrons. The third-order valence-electron chi connectivity index (χ3n) is 1.87. The lowest BCUT2D eigenvalue weighted by Crippen LogP contribution is -2.41. The molecule has 0 atom stereocenters. The molecule has 0 saturated carbocycles. The molecule has 0 aliphatic carbocycles. The molecule has 0 aliphatic heterocycles. The second-order valence-electron chi connectivity index (χ2n) is 2.53. The monoisotopic (exact) mass is 177 g/mol. The van der Waals surface area contributed by atoms with Crippen LogP contribution >= 0.6 is 11.6 Å². The Morgan fingerprint density at radius 1 is 1.36 bits per heavy atom. The fourth-order valence-corrected chi connectivity index (χ4v) is 0.957. The highest BCUT2D eigenvalue weighted by molar-refractivity contribution is 6.34. The van der Waals surface area contributed by atoms with Gasteiger partial charge in [0.25, 0.3) is 0 Å². The number of halogens is 1. The van der Waals surface area contributed by atoms with Crippen molar-refractivity contribution in [2.45, 2.75) is 38.5 Å². The van der Waals surface area contributed by atoms with Gasteiger partial charge in [-0.05, 0) is 19.8 Å². The average Bonchev–Trinajstić information content (AvgIpc) is 2.03. The van der Waals surface area contributed by atoms with Gasteiger partial charge in [0.1, 0.15) is 4.87 Å². The molecule has 0 bridgehead atoms. The van der Waals surface area contributed by atoms with E-state index in [4.69, 9.17) is 11.6 Å². The van der Waals surface area contributed by atoms with E-state index >= 15 is 0 Å². The van der Waals surface area contributed by atoms with Crippen LogP contribution in [0.4, 0.5) is 0 Å². The zero-order chi connectivity index (χ0) is 8.91. The average molecular weight is 178 g/mol. The summed E-state index contributed by atoms with van der Waals surface area (Å²) in [6.07, 6.45) is 1.35. The minimum atomic E-state index is -0.685. The van der Waals surface area contributed by atoms with Crippen LogP contribution in [-0.4, -0.2) is 17.3 Å². The van der Waals surface area contributed by atoms with Crippen LogP contribution < -0.4 is 5.32 Å². The molecule has 0 heterocycles. The highest BCUT2D eigenvalue weighted by atomic mass is 35.5. The Kier molecular flexibility index (Phi) is 4.50. The van der Waals surface area contributed by atoms with Crippen molar-refractivity contribution < 1.29 is 4.79 Å². The number of hydrogen-bond donors (Lipinski definition) is 1. The number of carbonyl (C=O) groups excluding carboxylic acids is 1. The molecule has 0 aliphatic rings. The van der Waals surface area contributed by atoms with E-state index in [1.165, 1.54) is 0 Å². The predicted molar refractivity (Wildman–Crippen MR) is 47.8 cm³/mol. The van der Waals surface area contributed by atoms with Gasteiger partial charge < -0.3 is 5.32 Å². The molecule has 0 saturated heterocycles. The number of hydrogen-bond acceptors (Lipinski definition) is 1. The number of alkyl halides is 1. The van der Waals surface area contributed by atoms with E-state index in [1.54, 1.807) is 0 Å². The van der Waals surface area contributed by atoms with Gasteiger partial charge in [-0.25, -0.2) is 0 Å².